The summed E-state index contributed by atoms with van der Waals surface area (Å²) >= 11 is 0. The number of morpholine rings is 1. The Hall–Kier alpha value is -11.1. The van der Waals surface area contributed by atoms with Crippen molar-refractivity contribution in [2.24, 2.45) is 17.3 Å². The van der Waals surface area contributed by atoms with E-state index >= 15 is 0 Å². The smallest absolute Gasteiger partial charge is 0.282 e. The van der Waals surface area contributed by atoms with Gasteiger partial charge in [-0.25, -0.2) is 141 Å². The van der Waals surface area contributed by atoms with E-state index in [1.165, 1.54) is 105 Å². The van der Waals surface area contributed by atoms with Crippen molar-refractivity contribution >= 4 is 97.4 Å². The van der Waals surface area contributed by atoms with Crippen LogP contribution in [0.4, 0.5) is 70.0 Å². The summed E-state index contributed by atoms with van der Waals surface area (Å²) in [5.41, 5.74) is 6.61. The van der Waals surface area contributed by atoms with Gasteiger partial charge in [0.05, 0.1) is 90.3 Å². The zero-order chi connectivity index (χ0) is 93.3. The number of imidazole rings is 4. The van der Waals surface area contributed by atoms with Gasteiger partial charge in [-0.3, -0.25) is 0 Å². The van der Waals surface area contributed by atoms with Crippen LogP contribution in [0.25, 0.3) is 67.7 Å². The second-order valence-corrected chi connectivity index (χ2v) is 42.5. The van der Waals surface area contributed by atoms with E-state index in [9.17, 15) is 68.8 Å². The van der Waals surface area contributed by atoms with Gasteiger partial charge in [0, 0.05) is 132 Å². The first-order valence-electron chi connectivity index (χ1n) is 43.4. The van der Waals surface area contributed by atoms with Gasteiger partial charge in [0.15, 0.2) is 22.6 Å². The second-order valence-electron chi connectivity index (χ2n) is 34.7. The van der Waals surface area contributed by atoms with E-state index in [0.717, 1.165) is 130 Å². The number of sulfonamides is 3. The Kier molecular flexibility index (Phi) is 27.7. The van der Waals surface area contributed by atoms with Crippen molar-refractivity contribution in [3.05, 3.63) is 151 Å². The molecule has 35 nitrogen and oxygen atoms in total. The molecule has 12 aromatic heterocycles. The molecule has 18 heterocycles. The Morgan fingerprint density at radius 3 is 1.36 bits per heavy atom. The molecule has 12 aromatic rings. The normalized spacial score (nSPS) is 19.7. The number of nitrogens with zero attached hydrogens (tertiary/aromatic N) is 23. The van der Waals surface area contributed by atoms with E-state index in [2.05, 4.69) is 94.5 Å². The van der Waals surface area contributed by atoms with Gasteiger partial charge in [0.1, 0.15) is 79.5 Å². The standard InChI is InChI=1S/C25H31F2N7O2S.C21H25F2N5O3S.C20H25F2N7O2S.C19H21F2N7O2S/c1-37(35,36)29-12-17-4-2-9-32(14-17)22-10-18(11-23(30-22)33-15-25(16-33)7-3-8-25)20-13-28-21-6-5-19(24(26)27)31-34(20)21;1-3-15-10-14(18-12-24-19-5-4-17(21(22)23)26-28(18)19)11-20(25-15)27-7-8-31-16(13-27)6-9-32(2,29)30;1-23-17-8-14(16-11-24-18-6-5-15(20(21)22)27-29(16)18)9-19(26-17)28-7-3-4-13(12-28)10-25-32(2,30)31;1-31(29,30)27-8-6-19(27)5-2-7-26(11-19)17-9-14(23-12-24-17)15-10-22-16-4-3-13(18(20)21)25-28(15)16/h5-6,10-11,13,17,24,29H,2-4,7-9,12,14-16H2,1H3;4-5,10-12,16,21H,3,6-9,13H2,1-2H3;5-6,8-9,11,13,20,25H,3-4,7,10,12H2,1-2H3,(H,23,26);3-4,9-10,12,18H,2,5-8,11H2,1H3/t;16-;13-;/m.11./s1. The number of hydrogen-bond acceptors (Lipinski definition) is 28. The van der Waals surface area contributed by atoms with Crippen molar-refractivity contribution < 1.29 is 73.5 Å². The van der Waals surface area contributed by atoms with Crippen LogP contribution in [-0.4, -0.2) is 262 Å². The third-order valence-electron chi connectivity index (χ3n) is 24.9. The number of ether oxygens (including phenoxy) is 1. The van der Waals surface area contributed by atoms with Gasteiger partial charge in [0.25, 0.3) is 25.7 Å². The Morgan fingerprint density at radius 1 is 0.455 bits per heavy atom. The van der Waals surface area contributed by atoms with Gasteiger partial charge in [-0.15, -0.1) is 0 Å². The maximum atomic E-state index is 13.4. The maximum Gasteiger partial charge on any atom is 0.282 e. The van der Waals surface area contributed by atoms with Gasteiger partial charge in [-0.1, -0.05) is 13.3 Å². The summed E-state index contributed by atoms with van der Waals surface area (Å²) in [6.45, 7) is 11.1. The summed E-state index contributed by atoms with van der Waals surface area (Å²) in [4.78, 5) is 51.0. The lowest BCUT2D eigenvalue weighted by atomic mass is 9.63. The molecule has 2 unspecified atom stereocenters. The van der Waals surface area contributed by atoms with E-state index in [0.29, 0.717) is 140 Å². The fraction of sp³-hybridized carbons (Fsp3) is 0.494. The minimum atomic E-state index is -3.27. The minimum absolute atomic E-state index is 0.0686. The Bertz CT molecular complexity index is 6480. The van der Waals surface area contributed by atoms with Gasteiger partial charge in [0.2, 0.25) is 30.1 Å². The number of fused-ring (bicyclic) bond motifs is 4. The summed E-state index contributed by atoms with van der Waals surface area (Å²) in [6, 6.07) is 24.4. The fourth-order valence-corrected chi connectivity index (χ4v) is 21.1. The van der Waals surface area contributed by atoms with E-state index < -0.39 is 71.1 Å². The number of halogens is 8. The number of alkyl halides is 8. The highest BCUT2D eigenvalue weighted by Gasteiger charge is 2.52. The third kappa shape index (κ3) is 21.9. The van der Waals surface area contributed by atoms with Crippen LogP contribution in [-0.2, 0) is 51.1 Å². The van der Waals surface area contributed by atoms with E-state index in [-0.39, 0.29) is 46.5 Å². The highest BCUT2D eigenvalue weighted by atomic mass is 32.2. The number of piperidine rings is 3. The topological polar surface area (TPSA) is 387 Å². The largest absolute Gasteiger partial charge is 0.375 e. The molecule has 4 atom stereocenters. The quantitative estimate of drug-likeness (QED) is 0.0447. The molecule has 706 valence electrons. The van der Waals surface area contributed by atoms with Crippen LogP contribution in [0.3, 0.4) is 0 Å². The lowest BCUT2D eigenvalue weighted by Crippen LogP contribution is -2.68. The first-order chi connectivity index (χ1) is 62.9. The number of aryl methyl sites for hydroxylation is 1. The predicted octanol–water partition coefficient (Wildman–Crippen LogP) is 11.1. The average Bonchev–Trinajstić information content (AvgIpc) is 0.771. The van der Waals surface area contributed by atoms with Gasteiger partial charge in [-0.2, -0.15) is 24.7 Å². The molecule has 19 rings (SSSR count). The Morgan fingerprint density at radius 2 is 0.909 bits per heavy atom. The van der Waals surface area contributed by atoms with Crippen LogP contribution >= 0.6 is 0 Å². The average molecular weight is 1910 g/mol. The highest BCUT2D eigenvalue weighted by Crippen LogP contribution is 2.50. The zero-order valence-corrected chi connectivity index (χ0v) is 76.6. The number of sulfone groups is 1. The van der Waals surface area contributed by atoms with Crippen LogP contribution in [0.1, 0.15) is 132 Å². The van der Waals surface area contributed by atoms with Crippen LogP contribution in [0, 0.1) is 17.3 Å². The van der Waals surface area contributed by atoms with Crippen molar-refractivity contribution in [1.29, 1.82) is 0 Å². The van der Waals surface area contributed by atoms with Gasteiger partial charge in [-0.05, 0) is 167 Å². The van der Waals surface area contributed by atoms with Crippen LogP contribution in [0.5, 0.6) is 0 Å². The van der Waals surface area contributed by atoms with Gasteiger partial charge < -0.3 is 34.6 Å². The lowest BCUT2D eigenvalue weighted by molar-refractivity contribution is 0.0386. The summed E-state index contributed by atoms with van der Waals surface area (Å²) in [5, 5.41) is 19.3. The summed E-state index contributed by atoms with van der Waals surface area (Å²) in [5.74, 6) is 4.78. The molecular weight excluding hydrogens is 1810 g/mol. The SMILES string of the molecule is CCc1cc(-c2cnc3ccc(C(F)F)nn23)cc(N2CCO[C@H](CCS(C)(=O)=O)C2)n1.CNc1cc(-c2cnc3ccc(C(F)F)nn23)cc(N2CCC[C@H](CNS(C)(=O)=O)C2)n1.CS(=O)(=O)N1CCC12CCCN(c1cc(-c3cnc4ccc(C(F)F)nn34)ncn1)C2.CS(=O)(=O)NCC1CCCN(c2cc(-c3cnc4ccc(C(F)F)nn34)cc(N3CC4(CCC4)C3)n2)C1. The van der Waals surface area contributed by atoms with E-state index in [4.69, 9.17) is 14.7 Å². The predicted molar refractivity (Wildman–Crippen MR) is 482 cm³/mol. The molecule has 0 bridgehead atoms. The Balaban J connectivity index is 0.000000129. The van der Waals surface area contributed by atoms with Crippen molar-refractivity contribution in [2.75, 3.05) is 159 Å². The third-order valence-corrected chi connectivity index (χ3v) is 28.7. The highest BCUT2D eigenvalue weighted by molar-refractivity contribution is 7.90. The van der Waals surface area contributed by atoms with E-state index in [1.807, 2.05) is 43.3 Å². The van der Waals surface area contributed by atoms with Crippen LogP contribution in [0.15, 0.2) is 122 Å². The number of anilines is 6. The molecule has 47 heteroatoms. The number of aromatic nitrogens is 17. The van der Waals surface area contributed by atoms with Crippen LogP contribution in [0.2, 0.25) is 0 Å². The van der Waals surface area contributed by atoms with Crippen molar-refractivity contribution in [1.82, 2.24) is 97.1 Å². The molecule has 3 N–H and O–H groups in total. The summed E-state index contributed by atoms with van der Waals surface area (Å²) in [7, 11) is -11.1. The molecule has 132 heavy (non-hydrogen) atoms. The molecule has 1 saturated carbocycles. The molecule has 0 amide bonds. The number of hydrogen-bond donors (Lipinski definition) is 3. The summed E-state index contributed by atoms with van der Waals surface area (Å²) < 4.78 is 217. The molecule has 6 saturated heterocycles. The molecule has 2 spiro atoms. The lowest BCUT2D eigenvalue weighted by Gasteiger charge is -2.56. The number of pyridine rings is 3. The van der Waals surface area contributed by atoms with Crippen molar-refractivity contribution in [2.45, 2.75) is 121 Å². The van der Waals surface area contributed by atoms with E-state index in [1.54, 1.807) is 48.3 Å². The molecule has 7 fully saturated rings. The maximum absolute atomic E-state index is 13.4. The first kappa shape index (κ1) is 94.1. The minimum Gasteiger partial charge on any atom is -0.375 e. The number of rotatable bonds is 25. The number of nitrogens with one attached hydrogen (secondary N) is 3. The molecule has 0 radical (unpaired) electrons. The fourth-order valence-electron chi connectivity index (χ4n) is 18.0. The van der Waals surface area contributed by atoms with Crippen molar-refractivity contribution in [3.8, 4) is 45.2 Å². The second kappa shape index (κ2) is 38.8. The molecule has 0 aromatic carbocycles. The van der Waals surface area contributed by atoms with Crippen LogP contribution < -0.4 is 39.3 Å². The summed E-state index contributed by atoms with van der Waals surface area (Å²) in [6.07, 6.45) is 12.8. The molecule has 1 aliphatic carbocycles. The monoisotopic (exact) mass is 1910 g/mol. The first-order valence-corrected chi connectivity index (χ1v) is 51.1. The van der Waals surface area contributed by atoms with Gasteiger partial charge >= 0.3 is 0 Å². The zero-order valence-electron chi connectivity index (χ0n) is 73.3. The molecule has 6 aliphatic heterocycles. The molecule has 7 aliphatic rings. The Labute approximate surface area is 757 Å². The molecular formula is C85H102F8N26O9S4. The van der Waals surface area contributed by atoms with Crippen molar-refractivity contribution in [3.63, 3.8) is 0 Å².